The smallest absolute Gasteiger partial charge is 0.412 e. The van der Waals surface area contributed by atoms with Crippen LogP contribution in [0.3, 0.4) is 0 Å². The lowest BCUT2D eigenvalue weighted by Crippen LogP contribution is -2.60. The summed E-state index contributed by atoms with van der Waals surface area (Å²) in [6, 6.07) is 5.69. The van der Waals surface area contributed by atoms with Crippen LogP contribution in [0.2, 0.25) is 0 Å². The molecule has 49 heavy (non-hydrogen) atoms. The number of ketones is 2. The van der Waals surface area contributed by atoms with Crippen LogP contribution in [0.25, 0.3) is 0 Å². The van der Waals surface area contributed by atoms with Crippen molar-refractivity contribution in [2.75, 3.05) is 34.7 Å². The molecule has 266 valence electrons. The number of hydrogen-bond acceptors (Lipinski definition) is 12. The van der Waals surface area contributed by atoms with Crippen molar-refractivity contribution < 1.29 is 39.2 Å². The van der Waals surface area contributed by atoms with Gasteiger partial charge in [-0.15, -0.1) is 4.91 Å². The number of aliphatic hydroxyl groups excluding tert-OH is 3. The zero-order valence-corrected chi connectivity index (χ0v) is 29.1. The van der Waals surface area contributed by atoms with E-state index in [4.69, 9.17) is 10.5 Å². The molecule has 0 aromatic heterocycles. The van der Waals surface area contributed by atoms with E-state index in [2.05, 4.69) is 23.7 Å². The number of likely N-dealkylation sites (N-methyl/N-ethyl adjacent to an activating group) is 2. The second-order valence-electron chi connectivity index (χ2n) is 12.7. The Morgan fingerprint density at radius 3 is 2.14 bits per heavy atom. The van der Waals surface area contributed by atoms with Crippen LogP contribution in [-0.4, -0.2) is 95.0 Å². The molecule has 0 unspecified atom stereocenters. The molecule has 2 rings (SSSR count). The standard InChI is InChI=1S/C35H47N5O9/c1-19-10-12-26(13-11-19)49-34(47)37-18-25(22(4)42)17-28(39(6)7)20(2)14-24(15-21(3)41)16-27-30(40(8)9)31(44)29(33(36)46)32(45)35(27,38-48)23(5)43/h10-13,17,24,27,30,42-44H,4-5,14-16,18H2,1-3,6-9H3,(H2,36,46)(H,37,47)/b25-17-,28-20-/t24-,27+,30+,35-/m1/s1. The fourth-order valence-electron chi connectivity index (χ4n) is 6.19. The van der Waals surface area contributed by atoms with Crippen LogP contribution >= 0.6 is 0 Å². The number of nitrogens with zero attached hydrogens (tertiary/aromatic N) is 3. The van der Waals surface area contributed by atoms with Crippen LogP contribution in [0.5, 0.6) is 5.75 Å². The van der Waals surface area contributed by atoms with E-state index in [-0.39, 0.29) is 42.9 Å². The number of ether oxygens (including phenoxy) is 1. The molecule has 1 aliphatic rings. The summed E-state index contributed by atoms with van der Waals surface area (Å²) in [7, 11) is 6.57. The average molecular weight is 682 g/mol. The van der Waals surface area contributed by atoms with E-state index in [1.807, 2.05) is 6.92 Å². The van der Waals surface area contributed by atoms with E-state index in [0.717, 1.165) is 5.56 Å². The Balaban J connectivity index is 2.55. The molecule has 6 N–H and O–H groups in total. The number of nitrogens with one attached hydrogen (secondary N) is 1. The van der Waals surface area contributed by atoms with Gasteiger partial charge in [-0.1, -0.05) is 30.9 Å². The predicted octanol–water partition coefficient (Wildman–Crippen LogP) is 4.30. The quantitative estimate of drug-likeness (QED) is 0.0718. The first kappa shape index (κ1) is 39.9. The van der Waals surface area contributed by atoms with Crippen LogP contribution in [0.4, 0.5) is 4.79 Å². The van der Waals surface area contributed by atoms with Gasteiger partial charge in [-0.2, -0.15) is 0 Å². The van der Waals surface area contributed by atoms with E-state index in [1.54, 1.807) is 56.3 Å². The zero-order chi connectivity index (χ0) is 37.4. The van der Waals surface area contributed by atoms with Gasteiger partial charge in [0.25, 0.3) is 5.91 Å². The van der Waals surface area contributed by atoms with Gasteiger partial charge in [0.2, 0.25) is 11.3 Å². The molecule has 1 aliphatic carbocycles. The normalized spacial score (nSPS) is 20.7. The van der Waals surface area contributed by atoms with Crippen molar-refractivity contribution in [3.8, 4) is 5.75 Å². The molecule has 0 bridgehead atoms. The van der Waals surface area contributed by atoms with E-state index >= 15 is 0 Å². The van der Waals surface area contributed by atoms with Crippen molar-refractivity contribution >= 4 is 23.6 Å². The van der Waals surface area contributed by atoms with E-state index in [0.29, 0.717) is 17.0 Å². The maximum atomic E-state index is 13.6. The number of aryl methyl sites for hydroxylation is 1. The molecule has 14 heteroatoms. The highest BCUT2D eigenvalue weighted by atomic mass is 16.6. The summed E-state index contributed by atoms with van der Waals surface area (Å²) < 4.78 is 5.29. The van der Waals surface area contributed by atoms with Crippen LogP contribution in [0.15, 0.2) is 88.4 Å². The third-order valence-corrected chi connectivity index (χ3v) is 8.43. The molecular weight excluding hydrogens is 634 g/mol. The average Bonchev–Trinajstić information content (AvgIpc) is 2.97. The molecule has 0 spiro atoms. The summed E-state index contributed by atoms with van der Waals surface area (Å²) in [4.78, 5) is 66.5. The van der Waals surface area contributed by atoms with Gasteiger partial charge < -0.3 is 40.8 Å². The van der Waals surface area contributed by atoms with Gasteiger partial charge in [-0.05, 0) is 82.6 Å². The highest BCUT2D eigenvalue weighted by Gasteiger charge is 2.61. The predicted molar refractivity (Wildman–Crippen MR) is 185 cm³/mol. The van der Waals surface area contributed by atoms with Gasteiger partial charge in [0.05, 0.1) is 6.04 Å². The number of carbonyl (C=O) groups is 4. The Kier molecular flexibility index (Phi) is 13.6. The molecule has 0 saturated heterocycles. The molecule has 0 aliphatic heterocycles. The number of primary amides is 1. The number of nitrogens with two attached hydrogens (primary N) is 1. The van der Waals surface area contributed by atoms with E-state index in [1.165, 1.54) is 25.9 Å². The Morgan fingerprint density at radius 1 is 1.10 bits per heavy atom. The third-order valence-electron chi connectivity index (χ3n) is 8.43. The minimum atomic E-state index is -2.58. The van der Waals surface area contributed by atoms with E-state index < -0.39 is 58.3 Å². The molecule has 14 nitrogen and oxygen atoms in total. The number of rotatable bonds is 16. The summed E-state index contributed by atoms with van der Waals surface area (Å²) in [5, 5.41) is 37.8. The molecule has 0 radical (unpaired) electrons. The topological polar surface area (TPSA) is 212 Å². The Morgan fingerprint density at radius 2 is 1.69 bits per heavy atom. The van der Waals surface area contributed by atoms with Gasteiger partial charge in [-0.25, -0.2) is 4.79 Å². The molecule has 1 aromatic rings. The molecular formula is C35H47N5O9. The van der Waals surface area contributed by atoms with Crippen molar-refractivity contribution in [3.63, 3.8) is 0 Å². The molecule has 1 aromatic carbocycles. The first-order valence-electron chi connectivity index (χ1n) is 15.4. The van der Waals surface area contributed by atoms with Gasteiger partial charge in [0.15, 0.2) is 0 Å². The highest BCUT2D eigenvalue weighted by molar-refractivity contribution is 6.24. The maximum Gasteiger partial charge on any atom is 0.412 e. The molecule has 0 fully saturated rings. The lowest BCUT2D eigenvalue weighted by Gasteiger charge is -2.45. The summed E-state index contributed by atoms with van der Waals surface area (Å²) in [5.74, 6) is -6.24. The number of nitroso groups, excluding NO2 is 1. The Labute approximate surface area is 286 Å². The Bertz CT molecular complexity index is 1590. The van der Waals surface area contributed by atoms with Crippen LogP contribution in [0, 0.1) is 23.7 Å². The maximum absolute atomic E-state index is 13.6. The number of Topliss-reactive ketones (excluding diaryl/α,β-unsaturated/α-hetero) is 2. The third kappa shape index (κ3) is 9.44. The lowest BCUT2D eigenvalue weighted by molar-refractivity contribution is -0.128. The Hall–Kier alpha value is -5.24. The van der Waals surface area contributed by atoms with Crippen LogP contribution in [-0.2, 0) is 14.4 Å². The summed E-state index contributed by atoms with van der Waals surface area (Å²) in [6.45, 7) is 12.0. The minimum absolute atomic E-state index is 0.0292. The van der Waals surface area contributed by atoms with Crippen LogP contribution < -0.4 is 15.8 Å². The van der Waals surface area contributed by atoms with Crippen molar-refractivity contribution in [1.29, 1.82) is 0 Å². The summed E-state index contributed by atoms with van der Waals surface area (Å²) in [6.07, 6.45) is 0.920. The van der Waals surface area contributed by atoms with Crippen molar-refractivity contribution in [2.24, 2.45) is 22.7 Å². The highest BCUT2D eigenvalue weighted by Crippen LogP contribution is 2.46. The fourth-order valence-corrected chi connectivity index (χ4v) is 6.19. The van der Waals surface area contributed by atoms with E-state index in [9.17, 15) is 39.4 Å². The van der Waals surface area contributed by atoms with Crippen molar-refractivity contribution in [2.45, 2.75) is 51.6 Å². The number of carbonyl (C=O) groups excluding carboxylic acids is 4. The van der Waals surface area contributed by atoms with Gasteiger partial charge in [0.1, 0.15) is 34.4 Å². The number of allylic oxidation sites excluding steroid dienone is 2. The lowest BCUT2D eigenvalue weighted by atomic mass is 9.64. The first-order valence-corrected chi connectivity index (χ1v) is 15.4. The second kappa shape index (κ2) is 16.7. The second-order valence-corrected chi connectivity index (χ2v) is 12.7. The molecule has 0 heterocycles. The monoisotopic (exact) mass is 681 g/mol. The first-order chi connectivity index (χ1) is 22.8. The summed E-state index contributed by atoms with van der Waals surface area (Å²) >= 11 is 0. The SMILES string of the molecule is C=C(O)/C(=C\C(=C(/C)C[C@H](CC(C)=O)C[C@H]1[C@H](N(C)C)C(O)=C(C(N)=O)C(=O)[C@@]1(N=O)C(=C)O)N(C)C)CNC(=O)Oc1ccc(C)cc1. The number of benzene rings is 1. The zero-order valence-electron chi connectivity index (χ0n) is 29.1. The van der Waals surface area contributed by atoms with Gasteiger partial charge >= 0.3 is 6.09 Å². The molecule has 4 atom stereocenters. The summed E-state index contributed by atoms with van der Waals surface area (Å²) in [5.41, 5.74) is 4.49. The molecule has 0 saturated carbocycles. The van der Waals surface area contributed by atoms with Gasteiger partial charge in [-0.3, -0.25) is 14.5 Å². The molecule has 2 amide bonds. The number of hydrogen-bond donors (Lipinski definition) is 5. The fraction of sp³-hybridized carbons (Fsp3) is 0.429. The van der Waals surface area contributed by atoms with Crippen LogP contribution in [0.1, 0.15) is 38.7 Å². The van der Waals surface area contributed by atoms with Gasteiger partial charge in [0, 0.05) is 44.2 Å². The van der Waals surface area contributed by atoms with Crippen molar-refractivity contribution in [1.82, 2.24) is 15.1 Å². The van der Waals surface area contributed by atoms with Crippen molar-refractivity contribution in [3.05, 3.63) is 93.7 Å². The number of aliphatic hydroxyl groups is 3. The number of amides is 2. The minimum Gasteiger partial charge on any atom is -0.510 e. The largest absolute Gasteiger partial charge is 0.510 e.